The van der Waals surface area contributed by atoms with Crippen LogP contribution in [0, 0.1) is 11.8 Å². The number of carbonyl (C=O) groups excluding carboxylic acids is 1. The maximum absolute atomic E-state index is 13.0. The average Bonchev–Trinajstić information content (AvgIpc) is 2.77. The van der Waals surface area contributed by atoms with E-state index in [0.29, 0.717) is 36.4 Å². The highest BCUT2D eigenvalue weighted by molar-refractivity contribution is 7.89. The van der Waals surface area contributed by atoms with Gasteiger partial charge >= 0.3 is 6.03 Å². The van der Waals surface area contributed by atoms with Gasteiger partial charge in [-0.15, -0.1) is 0 Å². The van der Waals surface area contributed by atoms with E-state index in [9.17, 15) is 13.2 Å². The molecule has 32 heavy (non-hydrogen) atoms. The quantitative estimate of drug-likeness (QED) is 0.506. The number of anilines is 2. The Balaban J connectivity index is 1.38. The van der Waals surface area contributed by atoms with Crippen LogP contribution in [0.1, 0.15) is 20.3 Å². The van der Waals surface area contributed by atoms with Crippen LogP contribution in [-0.2, 0) is 10.0 Å². The van der Waals surface area contributed by atoms with Crippen molar-refractivity contribution in [2.24, 2.45) is 11.8 Å². The third kappa shape index (κ3) is 4.84. The topological polar surface area (TPSA) is 103 Å². The molecule has 3 aromatic rings. The van der Waals surface area contributed by atoms with Gasteiger partial charge in [0, 0.05) is 24.7 Å². The van der Waals surface area contributed by atoms with E-state index < -0.39 is 16.1 Å². The van der Waals surface area contributed by atoms with E-state index in [-0.39, 0.29) is 4.90 Å². The molecule has 0 radical (unpaired) electrons. The Bertz CT molecular complexity index is 1200. The first-order valence-corrected chi connectivity index (χ1v) is 12.0. The SMILES string of the molecule is CC1CC(C)CN(S(=O)(=O)c2ccc(NNC(=O)Nc3cccc4ccccc34)nc2)C1. The number of hydrogen-bond acceptors (Lipinski definition) is 5. The van der Waals surface area contributed by atoms with Crippen molar-refractivity contribution in [3.8, 4) is 0 Å². The number of carbonyl (C=O) groups is 1. The zero-order chi connectivity index (χ0) is 22.7. The fourth-order valence-electron chi connectivity index (χ4n) is 4.17. The van der Waals surface area contributed by atoms with Crippen LogP contribution in [0.3, 0.4) is 0 Å². The second-order valence-electron chi connectivity index (χ2n) is 8.38. The minimum absolute atomic E-state index is 0.143. The van der Waals surface area contributed by atoms with Gasteiger partial charge in [0.15, 0.2) is 0 Å². The Morgan fingerprint density at radius 1 is 1.00 bits per heavy atom. The lowest BCUT2D eigenvalue weighted by molar-refractivity contribution is 0.222. The molecule has 9 heteroatoms. The second-order valence-corrected chi connectivity index (χ2v) is 10.3. The Kier molecular flexibility index (Phi) is 6.29. The van der Waals surface area contributed by atoms with Crippen molar-refractivity contribution in [2.45, 2.75) is 25.2 Å². The molecule has 1 aliphatic rings. The number of hydrogen-bond donors (Lipinski definition) is 3. The molecule has 0 spiro atoms. The van der Waals surface area contributed by atoms with Crippen LogP contribution in [0.2, 0.25) is 0 Å². The van der Waals surface area contributed by atoms with Crippen molar-refractivity contribution in [2.75, 3.05) is 23.8 Å². The fourth-order valence-corrected chi connectivity index (χ4v) is 5.79. The highest BCUT2D eigenvalue weighted by Gasteiger charge is 2.31. The molecule has 0 saturated carbocycles. The van der Waals surface area contributed by atoms with Crippen molar-refractivity contribution in [3.05, 3.63) is 60.8 Å². The summed E-state index contributed by atoms with van der Waals surface area (Å²) in [4.78, 5) is 16.6. The van der Waals surface area contributed by atoms with Crippen LogP contribution in [0.15, 0.2) is 65.7 Å². The molecule has 0 bridgehead atoms. The van der Waals surface area contributed by atoms with Crippen molar-refractivity contribution >= 4 is 38.3 Å². The lowest BCUT2D eigenvalue weighted by atomic mass is 9.94. The normalized spacial score (nSPS) is 19.4. The van der Waals surface area contributed by atoms with Crippen LogP contribution >= 0.6 is 0 Å². The van der Waals surface area contributed by atoms with Crippen LogP contribution in [0.5, 0.6) is 0 Å². The summed E-state index contributed by atoms with van der Waals surface area (Å²) in [5, 5.41) is 4.75. The molecular weight excluding hydrogens is 426 g/mol. The molecule has 1 fully saturated rings. The summed E-state index contributed by atoms with van der Waals surface area (Å²) < 4.78 is 27.4. The molecule has 1 aliphatic heterocycles. The number of rotatable bonds is 5. The molecule has 2 heterocycles. The molecular formula is C23H27N5O3S. The Hall–Kier alpha value is -3.17. The zero-order valence-corrected chi connectivity index (χ0v) is 18.9. The van der Waals surface area contributed by atoms with Crippen LogP contribution < -0.4 is 16.2 Å². The predicted octanol–water partition coefficient (Wildman–Crippen LogP) is 4.05. The molecule has 2 atom stereocenters. The van der Waals surface area contributed by atoms with E-state index in [2.05, 4.69) is 35.0 Å². The van der Waals surface area contributed by atoms with Gasteiger partial charge in [-0.1, -0.05) is 50.2 Å². The van der Waals surface area contributed by atoms with Gasteiger partial charge in [0.1, 0.15) is 10.7 Å². The van der Waals surface area contributed by atoms with Gasteiger partial charge in [0.2, 0.25) is 10.0 Å². The summed E-state index contributed by atoms with van der Waals surface area (Å²) in [6, 6.07) is 16.0. The Morgan fingerprint density at radius 3 is 2.44 bits per heavy atom. The number of sulfonamides is 1. The van der Waals surface area contributed by atoms with Gasteiger partial charge in [0.25, 0.3) is 0 Å². The number of hydrazine groups is 1. The molecule has 3 N–H and O–H groups in total. The zero-order valence-electron chi connectivity index (χ0n) is 18.1. The number of aromatic nitrogens is 1. The summed E-state index contributed by atoms with van der Waals surface area (Å²) in [5.41, 5.74) is 5.91. The monoisotopic (exact) mass is 453 g/mol. The van der Waals surface area contributed by atoms with Gasteiger partial charge in [-0.2, -0.15) is 4.31 Å². The molecule has 1 aromatic heterocycles. The first kappa shape index (κ1) is 22.0. The van der Waals surface area contributed by atoms with E-state index in [4.69, 9.17) is 0 Å². The second kappa shape index (κ2) is 9.13. The van der Waals surface area contributed by atoms with Gasteiger partial charge in [-0.3, -0.25) is 10.9 Å². The van der Waals surface area contributed by atoms with E-state index in [1.165, 1.54) is 22.6 Å². The summed E-state index contributed by atoms with van der Waals surface area (Å²) in [7, 11) is -3.59. The molecule has 0 aliphatic carbocycles. The molecule has 2 aromatic carbocycles. The number of amides is 2. The summed E-state index contributed by atoms with van der Waals surface area (Å²) in [6.07, 6.45) is 2.34. The number of urea groups is 1. The van der Waals surface area contributed by atoms with Crippen molar-refractivity contribution < 1.29 is 13.2 Å². The minimum Gasteiger partial charge on any atom is -0.306 e. The van der Waals surface area contributed by atoms with Crippen LogP contribution in [-0.4, -0.2) is 36.8 Å². The first-order valence-electron chi connectivity index (χ1n) is 10.6. The van der Waals surface area contributed by atoms with E-state index in [1.54, 1.807) is 0 Å². The standard InChI is InChI=1S/C23H27N5O3S/c1-16-12-17(2)15-28(14-16)32(30,31)19-10-11-22(24-13-19)26-27-23(29)25-21-9-5-7-18-6-3-4-8-20(18)21/h3-11,13,16-17H,12,14-15H2,1-2H3,(H,24,26)(H2,25,27,29). The van der Waals surface area contributed by atoms with E-state index >= 15 is 0 Å². The number of nitrogens with one attached hydrogen (secondary N) is 3. The lowest BCUT2D eigenvalue weighted by Gasteiger charge is -2.33. The molecule has 168 valence electrons. The van der Waals surface area contributed by atoms with Crippen molar-refractivity contribution in [1.82, 2.24) is 14.7 Å². The molecule has 8 nitrogen and oxygen atoms in total. The number of benzene rings is 2. The number of nitrogens with zero attached hydrogens (tertiary/aromatic N) is 2. The maximum Gasteiger partial charge on any atom is 0.337 e. The molecule has 4 rings (SSSR count). The van der Waals surface area contributed by atoms with Crippen LogP contribution in [0.25, 0.3) is 10.8 Å². The van der Waals surface area contributed by atoms with Crippen LogP contribution in [0.4, 0.5) is 16.3 Å². The fraction of sp³-hybridized carbons (Fsp3) is 0.304. The minimum atomic E-state index is -3.59. The highest BCUT2D eigenvalue weighted by Crippen LogP contribution is 2.27. The number of piperidine rings is 1. The maximum atomic E-state index is 13.0. The van der Waals surface area contributed by atoms with Gasteiger partial charge < -0.3 is 5.32 Å². The highest BCUT2D eigenvalue weighted by atomic mass is 32.2. The predicted molar refractivity (Wildman–Crippen MR) is 126 cm³/mol. The summed E-state index contributed by atoms with van der Waals surface area (Å²) in [5.74, 6) is 0.983. The summed E-state index contributed by atoms with van der Waals surface area (Å²) >= 11 is 0. The molecule has 1 saturated heterocycles. The third-order valence-electron chi connectivity index (χ3n) is 5.55. The lowest BCUT2D eigenvalue weighted by Crippen LogP contribution is -2.42. The van der Waals surface area contributed by atoms with Gasteiger partial charge in [-0.05, 0) is 41.8 Å². The Labute approximate surface area is 188 Å². The average molecular weight is 454 g/mol. The smallest absolute Gasteiger partial charge is 0.306 e. The largest absolute Gasteiger partial charge is 0.337 e. The van der Waals surface area contributed by atoms with E-state index in [1.807, 2.05) is 42.5 Å². The number of fused-ring (bicyclic) bond motifs is 1. The molecule has 2 amide bonds. The third-order valence-corrected chi connectivity index (χ3v) is 7.37. The molecule has 2 unspecified atom stereocenters. The van der Waals surface area contributed by atoms with E-state index in [0.717, 1.165) is 17.2 Å². The number of pyridine rings is 1. The van der Waals surface area contributed by atoms with Gasteiger partial charge in [-0.25, -0.2) is 18.2 Å². The van der Waals surface area contributed by atoms with Gasteiger partial charge in [0.05, 0.1) is 5.69 Å². The summed E-state index contributed by atoms with van der Waals surface area (Å²) in [6.45, 7) is 5.17. The first-order chi connectivity index (χ1) is 15.3. The Morgan fingerprint density at radius 2 is 1.72 bits per heavy atom. The van der Waals surface area contributed by atoms with Crippen molar-refractivity contribution in [1.29, 1.82) is 0 Å². The van der Waals surface area contributed by atoms with Crippen molar-refractivity contribution in [3.63, 3.8) is 0 Å².